The lowest BCUT2D eigenvalue weighted by molar-refractivity contribution is 0.531. The van der Waals surface area contributed by atoms with Gasteiger partial charge in [0, 0.05) is 0 Å². The van der Waals surface area contributed by atoms with Crippen LogP contribution in [0.4, 0.5) is 8.78 Å². The third-order valence-electron chi connectivity index (χ3n) is 2.84. The zero-order valence-corrected chi connectivity index (χ0v) is 12.7. The highest BCUT2D eigenvalue weighted by Gasteiger charge is 2.18. The quantitative estimate of drug-likeness (QED) is 0.840. The number of hydrogen-bond donors (Lipinski definition) is 1. The molecule has 0 aliphatic carbocycles. The minimum Gasteiger partial charge on any atom is -0.308 e. The van der Waals surface area contributed by atoms with E-state index in [-0.39, 0.29) is 16.6 Å². The van der Waals surface area contributed by atoms with E-state index in [1.54, 1.807) is 0 Å². The fourth-order valence-electron chi connectivity index (χ4n) is 1.82. The maximum absolute atomic E-state index is 13.8. The van der Waals surface area contributed by atoms with Crippen molar-refractivity contribution in [1.29, 1.82) is 0 Å². The summed E-state index contributed by atoms with van der Waals surface area (Å²) < 4.78 is 27.3. The second-order valence-electron chi connectivity index (χ2n) is 4.21. The Morgan fingerprint density at radius 3 is 2.65 bits per heavy atom. The zero-order valence-electron chi connectivity index (χ0n) is 11.1. The van der Waals surface area contributed by atoms with Crippen molar-refractivity contribution in [3.05, 3.63) is 33.8 Å². The van der Waals surface area contributed by atoms with Gasteiger partial charge in [-0.05, 0) is 25.1 Å². The standard InChI is InChI=1S/C13H14ClF2N3S/c1-3-11(17-4-2)13-19-18-12(20-13)7-5-10(16)8(14)6-9(7)15/h5-6,11,17H,3-4H2,1-2H3. The molecule has 1 aromatic heterocycles. The first kappa shape index (κ1) is 15.3. The SMILES string of the molecule is CCNC(CC)c1nnc(-c2cc(F)c(Cl)cc2F)s1. The van der Waals surface area contributed by atoms with Crippen molar-refractivity contribution in [2.24, 2.45) is 0 Å². The van der Waals surface area contributed by atoms with Crippen molar-refractivity contribution in [2.75, 3.05) is 6.54 Å². The van der Waals surface area contributed by atoms with E-state index in [1.807, 2.05) is 13.8 Å². The normalized spacial score (nSPS) is 12.7. The molecule has 0 saturated carbocycles. The van der Waals surface area contributed by atoms with Crippen LogP contribution in [0.5, 0.6) is 0 Å². The molecule has 0 saturated heterocycles. The van der Waals surface area contributed by atoms with Crippen molar-refractivity contribution >= 4 is 22.9 Å². The molecule has 1 aromatic carbocycles. The van der Waals surface area contributed by atoms with Crippen LogP contribution in [0.15, 0.2) is 12.1 Å². The number of aromatic nitrogens is 2. The average molecular weight is 318 g/mol. The Balaban J connectivity index is 2.35. The molecular weight excluding hydrogens is 304 g/mol. The lowest BCUT2D eigenvalue weighted by atomic mass is 10.2. The summed E-state index contributed by atoms with van der Waals surface area (Å²) in [5.74, 6) is -1.27. The molecule has 0 aliphatic rings. The molecule has 1 heterocycles. The van der Waals surface area contributed by atoms with Gasteiger partial charge in [-0.15, -0.1) is 10.2 Å². The fraction of sp³-hybridized carbons (Fsp3) is 0.385. The van der Waals surface area contributed by atoms with Crippen molar-refractivity contribution in [3.63, 3.8) is 0 Å². The Labute approximate surface area is 125 Å². The number of halogens is 3. The molecule has 0 aliphatic heterocycles. The molecule has 2 rings (SSSR count). The summed E-state index contributed by atoms with van der Waals surface area (Å²) in [6, 6.07) is 2.08. The van der Waals surface area contributed by atoms with Crippen molar-refractivity contribution in [3.8, 4) is 10.6 Å². The summed E-state index contributed by atoms with van der Waals surface area (Å²) in [5.41, 5.74) is 0.0852. The summed E-state index contributed by atoms with van der Waals surface area (Å²) in [4.78, 5) is 0. The number of nitrogens with zero attached hydrogens (tertiary/aromatic N) is 2. The van der Waals surface area contributed by atoms with Crippen molar-refractivity contribution in [2.45, 2.75) is 26.3 Å². The second-order valence-corrected chi connectivity index (χ2v) is 5.63. The first-order chi connectivity index (χ1) is 9.56. The van der Waals surface area contributed by atoms with E-state index < -0.39 is 11.6 Å². The van der Waals surface area contributed by atoms with E-state index in [2.05, 4.69) is 15.5 Å². The van der Waals surface area contributed by atoms with Crippen LogP contribution in [-0.4, -0.2) is 16.7 Å². The molecule has 1 atom stereocenters. The fourth-order valence-corrected chi connectivity index (χ4v) is 2.99. The minimum atomic E-state index is -0.668. The lowest BCUT2D eigenvalue weighted by Crippen LogP contribution is -2.19. The maximum atomic E-state index is 13.8. The molecular formula is C13H14ClF2N3S. The highest BCUT2D eigenvalue weighted by Crippen LogP contribution is 2.32. The van der Waals surface area contributed by atoms with Crippen LogP contribution in [0.2, 0.25) is 5.02 Å². The van der Waals surface area contributed by atoms with E-state index in [9.17, 15) is 8.78 Å². The van der Waals surface area contributed by atoms with Crippen LogP contribution in [0, 0.1) is 11.6 Å². The maximum Gasteiger partial charge on any atom is 0.150 e. The minimum absolute atomic E-state index is 0.0754. The van der Waals surface area contributed by atoms with Gasteiger partial charge in [-0.1, -0.05) is 36.8 Å². The van der Waals surface area contributed by atoms with Crippen LogP contribution in [-0.2, 0) is 0 Å². The van der Waals surface area contributed by atoms with Gasteiger partial charge in [-0.3, -0.25) is 0 Å². The van der Waals surface area contributed by atoms with E-state index in [0.29, 0.717) is 5.01 Å². The Hall–Kier alpha value is -1.11. The van der Waals surface area contributed by atoms with Gasteiger partial charge in [0.2, 0.25) is 0 Å². The monoisotopic (exact) mass is 317 g/mol. The van der Waals surface area contributed by atoms with Crippen LogP contribution in [0.1, 0.15) is 31.3 Å². The van der Waals surface area contributed by atoms with Gasteiger partial charge in [0.05, 0.1) is 16.6 Å². The molecule has 0 spiro atoms. The molecule has 3 nitrogen and oxygen atoms in total. The van der Waals surface area contributed by atoms with Crippen LogP contribution in [0.3, 0.4) is 0 Å². The summed E-state index contributed by atoms with van der Waals surface area (Å²) in [7, 11) is 0. The molecule has 0 amide bonds. The molecule has 0 radical (unpaired) electrons. The van der Waals surface area contributed by atoms with Gasteiger partial charge >= 0.3 is 0 Å². The van der Waals surface area contributed by atoms with Gasteiger partial charge in [-0.2, -0.15) is 0 Å². The number of benzene rings is 1. The number of rotatable bonds is 5. The van der Waals surface area contributed by atoms with Crippen LogP contribution < -0.4 is 5.32 Å². The van der Waals surface area contributed by atoms with E-state index in [4.69, 9.17) is 11.6 Å². The molecule has 0 fully saturated rings. The Morgan fingerprint density at radius 2 is 2.00 bits per heavy atom. The smallest absolute Gasteiger partial charge is 0.150 e. The third kappa shape index (κ3) is 3.13. The molecule has 7 heteroatoms. The first-order valence-corrected chi connectivity index (χ1v) is 7.47. The first-order valence-electron chi connectivity index (χ1n) is 6.28. The summed E-state index contributed by atoms with van der Waals surface area (Å²) in [6.07, 6.45) is 0.847. The highest BCUT2D eigenvalue weighted by atomic mass is 35.5. The summed E-state index contributed by atoms with van der Waals surface area (Å²) in [6.45, 7) is 4.83. The van der Waals surface area contributed by atoms with Gasteiger partial charge in [0.25, 0.3) is 0 Å². The van der Waals surface area contributed by atoms with Gasteiger partial charge in [0.15, 0.2) is 5.01 Å². The lowest BCUT2D eigenvalue weighted by Gasteiger charge is -2.11. The molecule has 2 aromatic rings. The topological polar surface area (TPSA) is 37.8 Å². The van der Waals surface area contributed by atoms with Gasteiger partial charge in [-0.25, -0.2) is 8.78 Å². The summed E-state index contributed by atoms with van der Waals surface area (Å²) >= 11 is 6.79. The number of hydrogen-bond acceptors (Lipinski definition) is 4. The molecule has 20 heavy (non-hydrogen) atoms. The zero-order chi connectivity index (χ0) is 14.7. The Morgan fingerprint density at radius 1 is 1.25 bits per heavy atom. The van der Waals surface area contributed by atoms with E-state index in [0.717, 1.165) is 30.1 Å². The number of nitrogens with one attached hydrogen (secondary N) is 1. The predicted molar refractivity (Wildman–Crippen MR) is 77.0 cm³/mol. The van der Waals surface area contributed by atoms with Crippen molar-refractivity contribution < 1.29 is 8.78 Å². The Kier molecular flexibility index (Phi) is 5.01. The van der Waals surface area contributed by atoms with Gasteiger partial charge in [0.1, 0.15) is 16.6 Å². The second kappa shape index (κ2) is 6.56. The van der Waals surface area contributed by atoms with Gasteiger partial charge < -0.3 is 5.32 Å². The summed E-state index contributed by atoms with van der Waals surface area (Å²) in [5, 5.41) is 12.1. The van der Waals surface area contributed by atoms with E-state index in [1.165, 1.54) is 11.3 Å². The largest absolute Gasteiger partial charge is 0.308 e. The predicted octanol–water partition coefficient (Wildman–Crippen LogP) is 4.20. The molecule has 108 valence electrons. The van der Waals surface area contributed by atoms with Crippen LogP contribution >= 0.6 is 22.9 Å². The Bertz CT molecular complexity index is 603. The molecule has 1 N–H and O–H groups in total. The van der Waals surface area contributed by atoms with Crippen LogP contribution in [0.25, 0.3) is 10.6 Å². The molecule has 0 bridgehead atoms. The van der Waals surface area contributed by atoms with Crippen molar-refractivity contribution in [1.82, 2.24) is 15.5 Å². The third-order valence-corrected chi connectivity index (χ3v) is 4.20. The average Bonchev–Trinajstić information content (AvgIpc) is 2.89. The highest BCUT2D eigenvalue weighted by molar-refractivity contribution is 7.14. The molecule has 1 unspecified atom stereocenters. The van der Waals surface area contributed by atoms with E-state index >= 15 is 0 Å².